The molecule has 0 aromatic carbocycles. The van der Waals surface area contributed by atoms with Crippen LogP contribution in [0.15, 0.2) is 0 Å². The quantitative estimate of drug-likeness (QED) is 0.764. The molecule has 1 heterocycles. The number of esters is 1. The molecule has 1 aliphatic rings. The highest BCUT2D eigenvalue weighted by Gasteiger charge is 2.36. The Morgan fingerprint density at radius 1 is 1.50 bits per heavy atom. The van der Waals surface area contributed by atoms with Crippen LogP contribution in [0.4, 0.5) is 13.2 Å². The molecular weight excluding hydrogens is 223 g/mol. The largest absolute Gasteiger partial charge is 0.465 e. The Labute approximate surface area is 92.3 Å². The van der Waals surface area contributed by atoms with E-state index in [2.05, 4.69) is 5.32 Å². The Morgan fingerprint density at radius 3 is 2.75 bits per heavy atom. The van der Waals surface area contributed by atoms with Gasteiger partial charge in [-0.1, -0.05) is 0 Å². The molecule has 2 atom stereocenters. The van der Waals surface area contributed by atoms with Crippen molar-refractivity contribution in [3.05, 3.63) is 0 Å². The summed E-state index contributed by atoms with van der Waals surface area (Å²) < 4.78 is 41.3. The summed E-state index contributed by atoms with van der Waals surface area (Å²) in [4.78, 5) is 11.3. The van der Waals surface area contributed by atoms with Gasteiger partial charge in [-0.2, -0.15) is 13.2 Å². The zero-order chi connectivity index (χ0) is 12.2. The van der Waals surface area contributed by atoms with Crippen molar-refractivity contribution in [1.82, 2.24) is 5.32 Å². The number of halogens is 3. The van der Waals surface area contributed by atoms with Crippen LogP contribution in [-0.4, -0.2) is 31.3 Å². The molecule has 0 amide bonds. The fourth-order valence-corrected chi connectivity index (χ4v) is 1.93. The van der Waals surface area contributed by atoms with Gasteiger partial charge < -0.3 is 10.1 Å². The molecule has 94 valence electrons. The van der Waals surface area contributed by atoms with E-state index in [4.69, 9.17) is 4.74 Å². The molecular formula is C10H16F3NO2. The minimum absolute atomic E-state index is 0.207. The van der Waals surface area contributed by atoms with Gasteiger partial charge in [0.25, 0.3) is 0 Å². The first-order valence-corrected chi connectivity index (χ1v) is 5.39. The van der Waals surface area contributed by atoms with Crippen LogP contribution >= 0.6 is 0 Å². The van der Waals surface area contributed by atoms with E-state index in [9.17, 15) is 18.0 Å². The smallest absolute Gasteiger partial charge is 0.389 e. The van der Waals surface area contributed by atoms with Crippen molar-refractivity contribution in [1.29, 1.82) is 0 Å². The van der Waals surface area contributed by atoms with Gasteiger partial charge in [0, 0.05) is 6.42 Å². The molecule has 2 unspecified atom stereocenters. The Bertz CT molecular complexity index is 243. The van der Waals surface area contributed by atoms with Gasteiger partial charge in [0.05, 0.1) is 6.61 Å². The Kier molecular flexibility index (Phi) is 4.58. The summed E-state index contributed by atoms with van der Waals surface area (Å²) in [5.41, 5.74) is 0. The molecule has 16 heavy (non-hydrogen) atoms. The summed E-state index contributed by atoms with van der Waals surface area (Å²) in [6, 6.07) is -0.582. The molecule has 0 saturated carbocycles. The zero-order valence-corrected chi connectivity index (χ0v) is 9.14. The molecule has 3 nitrogen and oxygen atoms in total. The number of carbonyl (C=O) groups excluding carboxylic acids is 1. The molecule has 1 saturated heterocycles. The highest BCUT2D eigenvalue weighted by atomic mass is 19.4. The molecule has 0 aliphatic carbocycles. The van der Waals surface area contributed by atoms with E-state index in [-0.39, 0.29) is 13.0 Å². The summed E-state index contributed by atoms with van der Waals surface area (Å²) in [6.07, 6.45) is -4.31. The van der Waals surface area contributed by atoms with Crippen LogP contribution in [-0.2, 0) is 9.53 Å². The van der Waals surface area contributed by atoms with E-state index in [1.165, 1.54) is 0 Å². The number of nitrogens with one attached hydrogen (secondary N) is 1. The number of piperidine rings is 1. The highest BCUT2D eigenvalue weighted by molar-refractivity contribution is 5.75. The van der Waals surface area contributed by atoms with Crippen molar-refractivity contribution < 1.29 is 22.7 Å². The lowest BCUT2D eigenvalue weighted by molar-refractivity contribution is -0.154. The molecule has 1 rings (SSSR count). The normalized spacial score (nSPS) is 26.5. The number of hydrogen-bond acceptors (Lipinski definition) is 3. The van der Waals surface area contributed by atoms with Crippen LogP contribution < -0.4 is 5.32 Å². The van der Waals surface area contributed by atoms with Crippen molar-refractivity contribution in [3.8, 4) is 0 Å². The minimum Gasteiger partial charge on any atom is -0.465 e. The Morgan fingerprint density at radius 2 is 2.19 bits per heavy atom. The molecule has 0 spiro atoms. The maximum atomic E-state index is 12.2. The van der Waals surface area contributed by atoms with E-state index in [1.807, 2.05) is 0 Å². The molecule has 1 N–H and O–H groups in total. The van der Waals surface area contributed by atoms with Crippen LogP contribution in [0, 0.1) is 5.92 Å². The van der Waals surface area contributed by atoms with Crippen molar-refractivity contribution in [2.24, 2.45) is 5.92 Å². The SMILES string of the molecule is CCOC(=O)C1CC(CC(F)(F)F)CCN1. The maximum Gasteiger partial charge on any atom is 0.389 e. The first-order chi connectivity index (χ1) is 7.42. The van der Waals surface area contributed by atoms with Crippen LogP contribution in [0.25, 0.3) is 0 Å². The van der Waals surface area contributed by atoms with Gasteiger partial charge in [-0.15, -0.1) is 0 Å². The number of ether oxygens (including phenoxy) is 1. The third kappa shape index (κ3) is 4.38. The van der Waals surface area contributed by atoms with Gasteiger partial charge in [0.1, 0.15) is 6.04 Å². The van der Waals surface area contributed by atoms with Gasteiger partial charge >= 0.3 is 12.1 Å². The molecule has 0 aromatic rings. The Balaban J connectivity index is 2.44. The van der Waals surface area contributed by atoms with Crippen molar-refractivity contribution in [2.45, 2.75) is 38.4 Å². The van der Waals surface area contributed by atoms with Crippen molar-refractivity contribution in [2.75, 3.05) is 13.2 Å². The second-order valence-electron chi connectivity index (χ2n) is 3.97. The first-order valence-electron chi connectivity index (χ1n) is 5.39. The maximum absolute atomic E-state index is 12.2. The second-order valence-corrected chi connectivity index (χ2v) is 3.97. The number of carbonyl (C=O) groups is 1. The number of rotatable bonds is 3. The molecule has 0 radical (unpaired) electrons. The van der Waals surface area contributed by atoms with E-state index >= 15 is 0 Å². The van der Waals surface area contributed by atoms with E-state index < -0.39 is 30.5 Å². The highest BCUT2D eigenvalue weighted by Crippen LogP contribution is 2.30. The van der Waals surface area contributed by atoms with Gasteiger partial charge in [0.2, 0.25) is 0 Å². The van der Waals surface area contributed by atoms with Crippen molar-refractivity contribution in [3.63, 3.8) is 0 Å². The summed E-state index contributed by atoms with van der Waals surface area (Å²) in [5.74, 6) is -0.926. The average Bonchev–Trinajstić information content (AvgIpc) is 2.16. The van der Waals surface area contributed by atoms with E-state index in [0.717, 1.165) is 0 Å². The van der Waals surface area contributed by atoms with Gasteiger partial charge in [-0.3, -0.25) is 4.79 Å². The molecule has 0 aromatic heterocycles. The molecule has 1 fully saturated rings. The van der Waals surface area contributed by atoms with Crippen LogP contribution in [0.5, 0.6) is 0 Å². The van der Waals surface area contributed by atoms with Gasteiger partial charge in [-0.25, -0.2) is 0 Å². The second kappa shape index (κ2) is 5.52. The van der Waals surface area contributed by atoms with Crippen molar-refractivity contribution >= 4 is 5.97 Å². The first kappa shape index (κ1) is 13.3. The summed E-state index contributed by atoms with van der Waals surface area (Å²) in [7, 11) is 0. The Hall–Kier alpha value is -0.780. The fraction of sp³-hybridized carbons (Fsp3) is 0.900. The summed E-state index contributed by atoms with van der Waals surface area (Å²) in [6.45, 7) is 2.36. The molecule has 0 bridgehead atoms. The monoisotopic (exact) mass is 239 g/mol. The standard InChI is InChI=1S/C10H16F3NO2/c1-2-16-9(15)8-5-7(3-4-14-8)6-10(11,12)13/h7-8,14H,2-6H2,1H3. The van der Waals surface area contributed by atoms with Crippen LogP contribution in [0.1, 0.15) is 26.2 Å². The molecule has 6 heteroatoms. The van der Waals surface area contributed by atoms with Crippen LogP contribution in [0.2, 0.25) is 0 Å². The lowest BCUT2D eigenvalue weighted by atomic mass is 9.89. The zero-order valence-electron chi connectivity index (χ0n) is 9.14. The van der Waals surface area contributed by atoms with Crippen LogP contribution in [0.3, 0.4) is 0 Å². The third-order valence-electron chi connectivity index (χ3n) is 2.60. The average molecular weight is 239 g/mol. The fourth-order valence-electron chi connectivity index (χ4n) is 1.93. The van der Waals surface area contributed by atoms with E-state index in [1.54, 1.807) is 6.92 Å². The number of alkyl halides is 3. The summed E-state index contributed by atoms with van der Waals surface area (Å²) >= 11 is 0. The topological polar surface area (TPSA) is 38.3 Å². The van der Waals surface area contributed by atoms with E-state index in [0.29, 0.717) is 13.0 Å². The predicted octanol–water partition coefficient (Wildman–Crippen LogP) is 1.87. The van der Waals surface area contributed by atoms with Gasteiger partial charge in [0.15, 0.2) is 0 Å². The number of hydrogen-bond donors (Lipinski definition) is 1. The lowest BCUT2D eigenvalue weighted by Gasteiger charge is -2.29. The minimum atomic E-state index is -4.15. The summed E-state index contributed by atoms with van der Waals surface area (Å²) in [5, 5.41) is 2.88. The third-order valence-corrected chi connectivity index (χ3v) is 2.60. The van der Waals surface area contributed by atoms with Gasteiger partial charge in [-0.05, 0) is 32.2 Å². The predicted molar refractivity (Wildman–Crippen MR) is 51.8 cm³/mol. The lowest BCUT2D eigenvalue weighted by Crippen LogP contribution is -2.45. The molecule has 1 aliphatic heterocycles.